The topological polar surface area (TPSA) is 69.6 Å². The van der Waals surface area contributed by atoms with E-state index in [9.17, 15) is 14.7 Å². The van der Waals surface area contributed by atoms with E-state index >= 15 is 0 Å². The number of nitrogens with one attached hydrogen (secondary N) is 1. The minimum atomic E-state index is -1.05. The van der Waals surface area contributed by atoms with E-state index in [1.54, 1.807) is 12.1 Å². The van der Waals surface area contributed by atoms with E-state index in [0.29, 0.717) is 36.9 Å². The van der Waals surface area contributed by atoms with Gasteiger partial charge < -0.3 is 15.3 Å². The van der Waals surface area contributed by atoms with Crippen LogP contribution in [0.25, 0.3) is 0 Å². The molecule has 2 N–H and O–H groups in total. The van der Waals surface area contributed by atoms with Crippen molar-refractivity contribution in [3.63, 3.8) is 0 Å². The molecule has 2 fully saturated rings. The number of hydrogen-bond donors (Lipinski definition) is 2. The van der Waals surface area contributed by atoms with Crippen molar-refractivity contribution in [1.82, 2.24) is 10.2 Å². The number of carbonyl (C=O) groups is 2. The summed E-state index contributed by atoms with van der Waals surface area (Å²) in [7, 11) is 0. The average molecular weight is 449 g/mol. The van der Waals surface area contributed by atoms with Gasteiger partial charge in [-0.25, -0.2) is 0 Å². The summed E-state index contributed by atoms with van der Waals surface area (Å²) in [6, 6.07) is 6.81. The van der Waals surface area contributed by atoms with Crippen molar-refractivity contribution >= 4 is 23.4 Å². The summed E-state index contributed by atoms with van der Waals surface area (Å²) in [5.41, 5.74) is -0.774. The highest BCUT2D eigenvalue weighted by Gasteiger charge is 2.50. The highest BCUT2D eigenvalue weighted by molar-refractivity contribution is 6.30. The van der Waals surface area contributed by atoms with Gasteiger partial charge in [0, 0.05) is 29.4 Å². The zero-order valence-electron chi connectivity index (χ0n) is 19.3. The van der Waals surface area contributed by atoms with E-state index in [1.165, 1.54) is 0 Å². The first-order valence-electron chi connectivity index (χ1n) is 11.6. The molecule has 1 saturated carbocycles. The van der Waals surface area contributed by atoms with Crippen molar-refractivity contribution < 1.29 is 14.7 Å². The third-order valence-electron chi connectivity index (χ3n) is 7.13. The molecule has 0 aromatic heterocycles. The Bertz CT molecular complexity index is 786. The number of rotatable bonds is 6. The fourth-order valence-corrected chi connectivity index (χ4v) is 5.29. The van der Waals surface area contributed by atoms with Crippen molar-refractivity contribution in [3.05, 3.63) is 34.9 Å². The molecule has 31 heavy (non-hydrogen) atoms. The minimum absolute atomic E-state index is 0.0189. The van der Waals surface area contributed by atoms with E-state index in [2.05, 4.69) is 19.2 Å². The Kier molecular flexibility index (Phi) is 7.37. The van der Waals surface area contributed by atoms with Gasteiger partial charge in [-0.1, -0.05) is 64.3 Å². The molecule has 172 valence electrons. The molecule has 1 aliphatic heterocycles. The zero-order chi connectivity index (χ0) is 22.8. The molecule has 1 saturated heterocycles. The molecule has 0 bridgehead atoms. The number of piperidine rings is 1. The van der Waals surface area contributed by atoms with Gasteiger partial charge in [0.25, 0.3) is 0 Å². The number of nitrogens with zero attached hydrogens (tertiary/aromatic N) is 1. The predicted octanol–water partition coefficient (Wildman–Crippen LogP) is 4.51. The molecule has 2 aliphatic rings. The van der Waals surface area contributed by atoms with E-state index in [0.717, 1.165) is 31.2 Å². The second-order valence-corrected chi connectivity index (χ2v) is 10.9. The van der Waals surface area contributed by atoms with Crippen LogP contribution in [-0.2, 0) is 15.2 Å². The van der Waals surface area contributed by atoms with E-state index in [4.69, 9.17) is 11.6 Å². The molecule has 2 amide bonds. The van der Waals surface area contributed by atoms with Crippen molar-refractivity contribution in [2.45, 2.75) is 77.9 Å². The van der Waals surface area contributed by atoms with Gasteiger partial charge in [0.05, 0.1) is 5.60 Å². The molecular formula is C25H37ClN2O3. The molecule has 1 heterocycles. The largest absolute Gasteiger partial charge is 0.384 e. The molecule has 1 aromatic rings. The number of hydrogen-bond acceptors (Lipinski definition) is 3. The molecule has 2 atom stereocenters. The number of likely N-dealkylation sites (tertiary alicyclic amines) is 1. The molecule has 6 heteroatoms. The Hall–Kier alpha value is -1.59. The van der Waals surface area contributed by atoms with Gasteiger partial charge in [0.15, 0.2) is 0 Å². The average Bonchev–Trinajstić information content (AvgIpc) is 3.24. The first kappa shape index (κ1) is 24.1. The molecular weight excluding hydrogens is 412 g/mol. The maximum absolute atomic E-state index is 13.5. The number of carbonyl (C=O) groups excluding carboxylic acids is 2. The van der Waals surface area contributed by atoms with Gasteiger partial charge in [-0.3, -0.25) is 9.59 Å². The van der Waals surface area contributed by atoms with Crippen molar-refractivity contribution in [2.24, 2.45) is 17.3 Å². The predicted molar refractivity (Wildman–Crippen MR) is 124 cm³/mol. The molecule has 1 aliphatic carbocycles. The highest BCUT2D eigenvalue weighted by atomic mass is 35.5. The van der Waals surface area contributed by atoms with Crippen LogP contribution >= 0.6 is 11.6 Å². The van der Waals surface area contributed by atoms with E-state index < -0.39 is 17.1 Å². The van der Waals surface area contributed by atoms with Gasteiger partial charge in [-0.15, -0.1) is 0 Å². The van der Waals surface area contributed by atoms with E-state index in [-0.39, 0.29) is 17.7 Å². The summed E-state index contributed by atoms with van der Waals surface area (Å²) in [6.45, 7) is 9.02. The fourth-order valence-electron chi connectivity index (χ4n) is 5.16. The lowest BCUT2D eigenvalue weighted by Crippen LogP contribution is -2.60. The second-order valence-electron chi connectivity index (χ2n) is 10.4. The Morgan fingerprint density at radius 1 is 1.19 bits per heavy atom. The summed E-state index contributed by atoms with van der Waals surface area (Å²) >= 11 is 6.03. The third-order valence-corrected chi connectivity index (χ3v) is 7.38. The molecule has 0 spiro atoms. The maximum Gasteiger partial charge on any atom is 0.245 e. The van der Waals surface area contributed by atoms with Gasteiger partial charge in [-0.05, 0) is 49.3 Å². The summed E-state index contributed by atoms with van der Waals surface area (Å²) in [5, 5.41) is 15.3. The van der Waals surface area contributed by atoms with Crippen LogP contribution in [0.2, 0.25) is 5.02 Å². The number of halogens is 1. The normalized spacial score (nSPS) is 24.9. The lowest BCUT2D eigenvalue weighted by atomic mass is 9.66. The lowest BCUT2D eigenvalue weighted by molar-refractivity contribution is -0.156. The van der Waals surface area contributed by atoms with Crippen molar-refractivity contribution in [2.75, 3.05) is 13.1 Å². The van der Waals surface area contributed by atoms with Crippen LogP contribution in [0.4, 0.5) is 0 Å². The lowest BCUT2D eigenvalue weighted by Gasteiger charge is -2.51. The van der Waals surface area contributed by atoms with Gasteiger partial charge in [0.2, 0.25) is 11.8 Å². The van der Waals surface area contributed by atoms with Crippen LogP contribution in [0.5, 0.6) is 0 Å². The van der Waals surface area contributed by atoms with Crippen LogP contribution in [-0.4, -0.2) is 41.0 Å². The van der Waals surface area contributed by atoms with Crippen LogP contribution in [0.1, 0.15) is 71.8 Å². The van der Waals surface area contributed by atoms with Gasteiger partial charge in [0.1, 0.15) is 6.04 Å². The third kappa shape index (κ3) is 5.25. The van der Waals surface area contributed by atoms with E-state index in [1.807, 2.05) is 30.9 Å². The molecule has 5 nitrogen and oxygen atoms in total. The summed E-state index contributed by atoms with van der Waals surface area (Å²) < 4.78 is 0. The number of amides is 2. The zero-order valence-corrected chi connectivity index (χ0v) is 20.0. The Morgan fingerprint density at radius 2 is 1.81 bits per heavy atom. The Morgan fingerprint density at radius 3 is 2.35 bits per heavy atom. The number of aliphatic hydroxyl groups is 1. The Labute approximate surface area is 191 Å². The first-order chi connectivity index (χ1) is 14.5. The van der Waals surface area contributed by atoms with Crippen molar-refractivity contribution in [3.8, 4) is 0 Å². The second kappa shape index (κ2) is 9.50. The summed E-state index contributed by atoms with van der Waals surface area (Å²) in [4.78, 5) is 28.0. The molecule has 0 radical (unpaired) electrons. The number of benzene rings is 1. The van der Waals surface area contributed by atoms with Crippen LogP contribution in [0, 0.1) is 17.3 Å². The fraction of sp³-hybridized carbons (Fsp3) is 0.680. The van der Waals surface area contributed by atoms with Crippen LogP contribution in [0.15, 0.2) is 24.3 Å². The smallest absolute Gasteiger partial charge is 0.245 e. The standard InChI is InChI=1S/C25H37ClN2O3/c1-17(2)15-21(27-22(29)18-7-5-6-8-18)23(30)28-14-13-25(31,24(3,4)16-28)19-9-11-20(26)12-10-19/h9-12,17-18,21,31H,5-8,13-16H2,1-4H3,(H,27,29)/t21-,25+/m1/s1. The summed E-state index contributed by atoms with van der Waals surface area (Å²) in [6.07, 6.45) is 5.07. The summed E-state index contributed by atoms with van der Waals surface area (Å²) in [5.74, 6) is 0.314. The Balaban J connectivity index is 1.74. The molecule has 1 aromatic carbocycles. The van der Waals surface area contributed by atoms with Gasteiger partial charge in [-0.2, -0.15) is 0 Å². The first-order valence-corrected chi connectivity index (χ1v) is 12.0. The van der Waals surface area contributed by atoms with Crippen LogP contribution < -0.4 is 5.32 Å². The monoisotopic (exact) mass is 448 g/mol. The SMILES string of the molecule is CC(C)C[C@@H](NC(=O)C1CCCC1)C(=O)N1CC[C@](O)(c2ccc(Cl)cc2)C(C)(C)C1. The van der Waals surface area contributed by atoms with Crippen LogP contribution in [0.3, 0.4) is 0 Å². The molecule has 3 rings (SSSR count). The molecule has 0 unspecified atom stereocenters. The highest BCUT2D eigenvalue weighted by Crippen LogP contribution is 2.46. The quantitative estimate of drug-likeness (QED) is 0.672. The van der Waals surface area contributed by atoms with Gasteiger partial charge >= 0.3 is 0 Å². The maximum atomic E-state index is 13.5. The minimum Gasteiger partial charge on any atom is -0.384 e. The van der Waals surface area contributed by atoms with Crippen molar-refractivity contribution in [1.29, 1.82) is 0 Å².